The highest BCUT2D eigenvalue weighted by atomic mass is 16.5. The third kappa shape index (κ3) is 7.85. The molecule has 0 bridgehead atoms. The Hall–Kier alpha value is -3.33. The van der Waals surface area contributed by atoms with Crippen LogP contribution in [0.4, 0.5) is 10.6 Å². The number of aryl methyl sites for hydroxylation is 2. The van der Waals surface area contributed by atoms with Crippen LogP contribution >= 0.6 is 0 Å². The first-order valence-electron chi connectivity index (χ1n) is 14.5. The molecule has 2 fully saturated rings. The number of aliphatic carboxylic acids is 1. The molecular formula is C30H41N5O4. The molecule has 2 aromatic rings. The molecule has 5 rings (SSSR count). The Kier molecular flexibility index (Phi) is 9.19. The zero-order valence-corrected chi connectivity index (χ0v) is 22.7. The van der Waals surface area contributed by atoms with Crippen LogP contribution in [0.5, 0.6) is 5.75 Å². The summed E-state index contributed by atoms with van der Waals surface area (Å²) in [6, 6.07) is 12.9. The van der Waals surface area contributed by atoms with Crippen molar-refractivity contribution in [1.82, 2.24) is 20.1 Å². The maximum atomic E-state index is 12.6. The summed E-state index contributed by atoms with van der Waals surface area (Å²) in [4.78, 5) is 33.4. The number of anilines is 1. The highest BCUT2D eigenvalue weighted by Crippen LogP contribution is 2.44. The molecule has 9 heteroatoms. The number of para-hydroxylation sites is 1. The molecule has 1 saturated heterocycles. The van der Waals surface area contributed by atoms with Gasteiger partial charge in [-0.25, -0.2) is 14.6 Å². The van der Waals surface area contributed by atoms with Crippen molar-refractivity contribution in [3.8, 4) is 5.75 Å². The van der Waals surface area contributed by atoms with Gasteiger partial charge in [0, 0.05) is 38.4 Å². The average Bonchev–Trinajstić information content (AvgIpc) is 3.57. The zero-order valence-electron chi connectivity index (χ0n) is 22.7. The highest BCUT2D eigenvalue weighted by Gasteiger charge is 2.46. The van der Waals surface area contributed by atoms with Gasteiger partial charge in [0.1, 0.15) is 24.2 Å². The Morgan fingerprint density at radius 3 is 2.72 bits per heavy atom. The van der Waals surface area contributed by atoms with E-state index in [1.807, 2.05) is 30.3 Å². The van der Waals surface area contributed by atoms with Crippen LogP contribution in [0.3, 0.4) is 0 Å². The first-order chi connectivity index (χ1) is 19.0. The number of fused-ring (bicyclic) bond motifs is 2. The van der Waals surface area contributed by atoms with Gasteiger partial charge in [-0.1, -0.05) is 24.3 Å². The van der Waals surface area contributed by atoms with Crippen LogP contribution in [0.15, 0.2) is 42.5 Å². The van der Waals surface area contributed by atoms with Gasteiger partial charge in [-0.05, 0) is 87.1 Å². The van der Waals surface area contributed by atoms with Crippen LogP contribution in [-0.2, 0) is 17.6 Å². The predicted molar refractivity (Wildman–Crippen MR) is 150 cm³/mol. The first kappa shape index (κ1) is 27.2. The van der Waals surface area contributed by atoms with Crippen molar-refractivity contribution in [2.45, 2.75) is 51.0 Å². The fourth-order valence-electron chi connectivity index (χ4n) is 5.67. The summed E-state index contributed by atoms with van der Waals surface area (Å²) in [5, 5.41) is 16.0. The van der Waals surface area contributed by atoms with Gasteiger partial charge in [0.05, 0.1) is 0 Å². The lowest BCUT2D eigenvalue weighted by atomic mass is 10.1. The highest BCUT2D eigenvalue weighted by molar-refractivity contribution is 5.82. The van der Waals surface area contributed by atoms with Crippen LogP contribution in [0.2, 0.25) is 0 Å². The van der Waals surface area contributed by atoms with Crippen LogP contribution in [-0.4, -0.2) is 83.8 Å². The molecule has 3 unspecified atom stereocenters. The number of urea groups is 1. The second-order valence-corrected chi connectivity index (χ2v) is 11.1. The summed E-state index contributed by atoms with van der Waals surface area (Å²) in [5.41, 5.74) is 2.41. The van der Waals surface area contributed by atoms with E-state index in [-0.39, 0.29) is 6.03 Å². The second-order valence-electron chi connectivity index (χ2n) is 11.1. The number of carboxylic acids is 1. The average molecular weight is 536 g/mol. The molecule has 3 N–H and O–H groups in total. The Labute approximate surface area is 230 Å². The molecule has 1 aromatic heterocycles. The molecule has 0 radical (unpaired) electrons. The summed E-state index contributed by atoms with van der Waals surface area (Å²) < 4.78 is 5.91. The van der Waals surface area contributed by atoms with Gasteiger partial charge < -0.3 is 25.4 Å². The first-order valence-corrected chi connectivity index (χ1v) is 14.5. The van der Waals surface area contributed by atoms with E-state index in [0.29, 0.717) is 38.0 Å². The maximum absolute atomic E-state index is 12.6. The minimum absolute atomic E-state index is 0.249. The number of hydrogen-bond acceptors (Lipinski definition) is 6. The van der Waals surface area contributed by atoms with E-state index < -0.39 is 12.0 Å². The number of nitrogens with one attached hydrogen (secondary N) is 2. The number of pyridine rings is 1. The van der Waals surface area contributed by atoms with Gasteiger partial charge in [0.2, 0.25) is 0 Å². The van der Waals surface area contributed by atoms with Crippen LogP contribution < -0.4 is 15.4 Å². The van der Waals surface area contributed by atoms with E-state index in [2.05, 4.69) is 27.7 Å². The summed E-state index contributed by atoms with van der Waals surface area (Å²) in [6.45, 7) is 5.09. The summed E-state index contributed by atoms with van der Waals surface area (Å²) in [7, 11) is 0. The number of amides is 2. The number of likely N-dealkylation sites (tertiary alicyclic amines) is 1. The number of rotatable bonds is 14. The molecule has 3 aliphatic rings. The lowest BCUT2D eigenvalue weighted by Gasteiger charge is -2.26. The van der Waals surface area contributed by atoms with Crippen molar-refractivity contribution < 1.29 is 19.4 Å². The van der Waals surface area contributed by atoms with Gasteiger partial charge in [-0.3, -0.25) is 4.90 Å². The number of carboxylic acid groups (broad SMARTS) is 1. The molecule has 2 amide bonds. The normalized spacial score (nSPS) is 20.1. The van der Waals surface area contributed by atoms with Gasteiger partial charge in [-0.15, -0.1) is 0 Å². The fraction of sp³-hybridized carbons (Fsp3) is 0.567. The van der Waals surface area contributed by atoms with Crippen molar-refractivity contribution in [3.63, 3.8) is 0 Å². The standard InChI is InChI=1S/C30H41N5O4/c36-29(37)27(33-30(38)35-20-23-19-24(23)21-35)13-16-34(17-18-39-26-9-2-1-3-10-26)15-5-4-8-25-12-11-22-7-6-14-31-28(22)32-25/h1-3,9-12,23-24,27H,4-8,13-21H2,(H,31,32)(H,33,38)(H,36,37). The fourth-order valence-corrected chi connectivity index (χ4v) is 5.67. The lowest BCUT2D eigenvalue weighted by Crippen LogP contribution is -2.49. The number of ether oxygens (including phenoxy) is 1. The number of hydrogen-bond donors (Lipinski definition) is 3. The van der Waals surface area contributed by atoms with Crippen molar-refractivity contribution in [3.05, 3.63) is 53.7 Å². The van der Waals surface area contributed by atoms with E-state index in [4.69, 9.17) is 9.72 Å². The topological polar surface area (TPSA) is 107 Å². The Morgan fingerprint density at radius 1 is 1.10 bits per heavy atom. The van der Waals surface area contributed by atoms with Crippen molar-refractivity contribution in [2.75, 3.05) is 51.2 Å². The van der Waals surface area contributed by atoms with E-state index in [1.165, 1.54) is 12.0 Å². The lowest BCUT2D eigenvalue weighted by molar-refractivity contribution is -0.139. The van der Waals surface area contributed by atoms with E-state index >= 15 is 0 Å². The number of piperidine rings is 1. The molecular weight excluding hydrogens is 494 g/mol. The van der Waals surface area contributed by atoms with Crippen molar-refractivity contribution >= 4 is 17.8 Å². The summed E-state index contributed by atoms with van der Waals surface area (Å²) >= 11 is 0. The Balaban J connectivity index is 1.10. The Bertz CT molecular complexity index is 1100. The van der Waals surface area contributed by atoms with Gasteiger partial charge >= 0.3 is 12.0 Å². The van der Waals surface area contributed by atoms with Gasteiger partial charge in [0.25, 0.3) is 0 Å². The Morgan fingerprint density at radius 2 is 1.92 bits per heavy atom. The molecule has 1 aromatic carbocycles. The molecule has 3 atom stereocenters. The zero-order chi connectivity index (χ0) is 27.0. The second kappa shape index (κ2) is 13.2. The maximum Gasteiger partial charge on any atom is 0.326 e. The largest absolute Gasteiger partial charge is 0.492 e. The molecule has 2 aliphatic heterocycles. The number of nitrogens with zero attached hydrogens (tertiary/aromatic N) is 3. The molecule has 210 valence electrons. The smallest absolute Gasteiger partial charge is 0.326 e. The minimum atomic E-state index is -0.986. The number of aromatic nitrogens is 1. The minimum Gasteiger partial charge on any atom is -0.492 e. The van der Waals surface area contributed by atoms with Gasteiger partial charge in [0.15, 0.2) is 0 Å². The molecule has 39 heavy (non-hydrogen) atoms. The number of unbranched alkanes of at least 4 members (excludes halogenated alkanes) is 1. The van der Waals surface area contributed by atoms with E-state index in [9.17, 15) is 14.7 Å². The molecule has 1 saturated carbocycles. The third-order valence-electron chi connectivity index (χ3n) is 8.12. The third-order valence-corrected chi connectivity index (χ3v) is 8.12. The van der Waals surface area contributed by atoms with E-state index in [0.717, 1.165) is 75.5 Å². The SMILES string of the molecule is O=C(O)C(CCN(CCCCc1ccc2c(n1)NCCC2)CCOc1ccccc1)NC(=O)N1CC2CC2C1. The summed E-state index contributed by atoms with van der Waals surface area (Å²) in [6.07, 6.45) is 6.68. The molecule has 3 heterocycles. The van der Waals surface area contributed by atoms with Crippen LogP contribution in [0, 0.1) is 11.8 Å². The quantitative estimate of drug-likeness (QED) is 0.317. The summed E-state index contributed by atoms with van der Waals surface area (Å²) in [5.74, 6) is 2.11. The number of carbonyl (C=O) groups is 2. The molecule has 9 nitrogen and oxygen atoms in total. The van der Waals surface area contributed by atoms with Crippen LogP contribution in [0.25, 0.3) is 0 Å². The van der Waals surface area contributed by atoms with E-state index in [1.54, 1.807) is 4.90 Å². The van der Waals surface area contributed by atoms with Crippen molar-refractivity contribution in [2.24, 2.45) is 11.8 Å². The van der Waals surface area contributed by atoms with Crippen molar-refractivity contribution in [1.29, 1.82) is 0 Å². The molecule has 1 aliphatic carbocycles. The molecule has 0 spiro atoms. The van der Waals surface area contributed by atoms with Crippen LogP contribution in [0.1, 0.15) is 43.4 Å². The number of benzene rings is 1. The number of carbonyl (C=O) groups excluding carboxylic acids is 1. The predicted octanol–water partition coefficient (Wildman–Crippen LogP) is 3.65. The monoisotopic (exact) mass is 535 g/mol. The van der Waals surface area contributed by atoms with Gasteiger partial charge in [-0.2, -0.15) is 0 Å².